The van der Waals surface area contributed by atoms with E-state index in [-0.39, 0.29) is 17.3 Å². The number of anilines is 1. The summed E-state index contributed by atoms with van der Waals surface area (Å²) in [7, 11) is -3.00. The van der Waals surface area contributed by atoms with Crippen LogP contribution in [0.5, 0.6) is 0 Å². The Hall–Kier alpha value is -2.00. The quantitative estimate of drug-likeness (QED) is 0.397. The number of aliphatic hydroxyl groups excluding tert-OH is 1. The Labute approximate surface area is 151 Å². The molecule has 0 aliphatic carbocycles. The van der Waals surface area contributed by atoms with Crippen LogP contribution in [0.1, 0.15) is 38.8 Å². The van der Waals surface area contributed by atoms with E-state index in [1.165, 1.54) is 12.3 Å². The summed E-state index contributed by atoms with van der Waals surface area (Å²) in [5.74, 6) is -0.137. The minimum absolute atomic E-state index is 0.0477. The van der Waals surface area contributed by atoms with Crippen LogP contribution in [0.25, 0.3) is 0 Å². The van der Waals surface area contributed by atoms with Crippen LogP contribution in [0.15, 0.2) is 28.6 Å². The average molecular weight is 388 g/mol. The van der Waals surface area contributed by atoms with E-state index in [2.05, 4.69) is 11.9 Å². The van der Waals surface area contributed by atoms with E-state index in [9.17, 15) is 14.5 Å². The first kappa shape index (κ1) is 20.3. The maximum absolute atomic E-state index is 12.1. The van der Waals surface area contributed by atoms with Gasteiger partial charge in [-0.15, -0.1) is 4.89 Å². The molecule has 4 N–H and O–H groups in total. The summed E-state index contributed by atoms with van der Waals surface area (Å²) in [6, 6.07) is 1.41. The molecule has 2 unspecified atom stereocenters. The number of hydrogen-bond acceptors (Lipinski definition) is 8. The molecule has 144 valence electrons. The molecule has 0 radical (unpaired) electrons. The Kier molecular flexibility index (Phi) is 7.52. The molecular formula is C15H23N3O7P+. The summed E-state index contributed by atoms with van der Waals surface area (Å²) < 4.78 is 28.5. The molecule has 26 heavy (non-hydrogen) atoms. The van der Waals surface area contributed by atoms with Gasteiger partial charge in [0, 0.05) is 17.4 Å². The first-order valence-electron chi connectivity index (χ1n) is 8.28. The Bertz CT molecular complexity index is 721. The highest BCUT2D eigenvalue weighted by atomic mass is 31.1. The Morgan fingerprint density at radius 3 is 2.81 bits per heavy atom. The van der Waals surface area contributed by atoms with Crippen molar-refractivity contribution in [1.29, 1.82) is 0 Å². The van der Waals surface area contributed by atoms with Crippen molar-refractivity contribution in [3.63, 3.8) is 0 Å². The Morgan fingerprint density at radius 2 is 2.19 bits per heavy atom. The fourth-order valence-electron chi connectivity index (χ4n) is 2.58. The maximum atomic E-state index is 12.1. The Balaban J connectivity index is 2.25. The molecule has 3 atom stereocenters. The van der Waals surface area contributed by atoms with Crippen molar-refractivity contribution in [3.05, 3.63) is 34.3 Å². The predicted molar refractivity (Wildman–Crippen MR) is 91.9 cm³/mol. The molecule has 2 rings (SSSR count). The number of nitrogens with two attached hydrogens (primary N) is 1. The van der Waals surface area contributed by atoms with Crippen molar-refractivity contribution in [3.8, 4) is 0 Å². The number of aliphatic hydroxyl groups is 1. The highest BCUT2D eigenvalue weighted by molar-refractivity contribution is 7.32. The SMILES string of the molecule is CCCCCCOC1C(O[P+](=O)O)=C(CO)O[C@H]1n1ccc(N)nc1=O. The third kappa shape index (κ3) is 5.01. The van der Waals surface area contributed by atoms with Gasteiger partial charge in [0.25, 0.3) is 0 Å². The molecule has 1 aromatic heterocycles. The number of nitrogen functional groups attached to an aromatic ring is 1. The second-order valence-electron chi connectivity index (χ2n) is 5.68. The lowest BCUT2D eigenvalue weighted by Gasteiger charge is -2.21. The lowest BCUT2D eigenvalue weighted by molar-refractivity contribution is -0.0555. The molecule has 11 heteroatoms. The van der Waals surface area contributed by atoms with Crippen LogP contribution in [0.4, 0.5) is 5.82 Å². The number of aromatic nitrogens is 2. The fraction of sp³-hybridized carbons (Fsp3) is 0.600. The topological polar surface area (TPSA) is 146 Å². The van der Waals surface area contributed by atoms with E-state index in [0.717, 1.165) is 30.3 Å². The highest BCUT2D eigenvalue weighted by Crippen LogP contribution is 2.39. The van der Waals surface area contributed by atoms with Crippen molar-refractivity contribution in [2.75, 3.05) is 18.9 Å². The van der Waals surface area contributed by atoms with E-state index >= 15 is 0 Å². The van der Waals surface area contributed by atoms with Gasteiger partial charge in [-0.05, 0) is 12.5 Å². The van der Waals surface area contributed by atoms with Gasteiger partial charge in [-0.2, -0.15) is 4.98 Å². The number of unbranched alkanes of at least 4 members (excludes halogenated alkanes) is 3. The first-order valence-corrected chi connectivity index (χ1v) is 9.41. The van der Waals surface area contributed by atoms with E-state index in [0.29, 0.717) is 6.61 Å². The van der Waals surface area contributed by atoms with Gasteiger partial charge in [0.1, 0.15) is 12.4 Å². The summed E-state index contributed by atoms with van der Waals surface area (Å²) in [6.45, 7) is 1.83. The number of nitrogens with zero attached hydrogens (tertiary/aromatic N) is 2. The summed E-state index contributed by atoms with van der Waals surface area (Å²) in [6.07, 6.45) is 3.20. The smallest absolute Gasteiger partial charge is 0.465 e. The highest BCUT2D eigenvalue weighted by Gasteiger charge is 2.45. The fourth-order valence-corrected chi connectivity index (χ4v) is 2.95. The van der Waals surface area contributed by atoms with Crippen molar-refractivity contribution >= 4 is 14.1 Å². The monoisotopic (exact) mass is 388 g/mol. The largest absolute Gasteiger partial charge is 0.747 e. The van der Waals surface area contributed by atoms with Gasteiger partial charge in [-0.3, -0.25) is 4.57 Å². The molecule has 0 fully saturated rings. The van der Waals surface area contributed by atoms with Crippen LogP contribution in [0, 0.1) is 0 Å². The van der Waals surface area contributed by atoms with Gasteiger partial charge in [0.2, 0.25) is 12.0 Å². The second-order valence-corrected chi connectivity index (χ2v) is 6.34. The molecule has 1 aromatic rings. The van der Waals surface area contributed by atoms with Gasteiger partial charge in [-0.25, -0.2) is 9.32 Å². The molecule has 0 saturated carbocycles. The van der Waals surface area contributed by atoms with Gasteiger partial charge in [-0.1, -0.05) is 26.2 Å². The van der Waals surface area contributed by atoms with Crippen LogP contribution in [-0.4, -0.2) is 38.9 Å². The molecule has 2 heterocycles. The summed E-state index contributed by atoms with van der Waals surface area (Å²) in [4.78, 5) is 24.8. The molecule has 0 spiro atoms. The van der Waals surface area contributed by atoms with Gasteiger partial charge < -0.3 is 20.3 Å². The Morgan fingerprint density at radius 1 is 1.42 bits per heavy atom. The van der Waals surface area contributed by atoms with Crippen molar-refractivity contribution < 1.29 is 28.6 Å². The number of rotatable bonds is 10. The molecule has 0 aromatic carbocycles. The first-order chi connectivity index (χ1) is 12.5. The van der Waals surface area contributed by atoms with E-state index in [1.54, 1.807) is 0 Å². The third-order valence-electron chi connectivity index (χ3n) is 3.80. The lowest BCUT2D eigenvalue weighted by atomic mass is 10.2. The molecule has 10 nitrogen and oxygen atoms in total. The zero-order valence-corrected chi connectivity index (χ0v) is 15.3. The summed E-state index contributed by atoms with van der Waals surface area (Å²) >= 11 is 0. The van der Waals surface area contributed by atoms with Crippen LogP contribution in [0.3, 0.4) is 0 Å². The molecule has 0 saturated heterocycles. The zero-order chi connectivity index (χ0) is 19.1. The molecule has 0 bridgehead atoms. The molecular weight excluding hydrogens is 365 g/mol. The van der Waals surface area contributed by atoms with E-state index < -0.39 is 32.9 Å². The minimum Gasteiger partial charge on any atom is -0.465 e. The number of hydrogen-bond donors (Lipinski definition) is 3. The van der Waals surface area contributed by atoms with Gasteiger partial charge in [0.05, 0.1) is 0 Å². The van der Waals surface area contributed by atoms with Crippen LogP contribution >= 0.6 is 8.25 Å². The molecule has 0 amide bonds. The van der Waals surface area contributed by atoms with Crippen LogP contribution < -0.4 is 11.4 Å². The third-order valence-corrected chi connectivity index (χ3v) is 4.15. The molecule has 1 aliphatic heterocycles. The van der Waals surface area contributed by atoms with E-state index in [1.807, 2.05) is 0 Å². The number of ether oxygens (including phenoxy) is 2. The minimum atomic E-state index is -3.00. The predicted octanol–water partition coefficient (Wildman–Crippen LogP) is 1.19. The van der Waals surface area contributed by atoms with Crippen molar-refractivity contribution in [1.82, 2.24) is 9.55 Å². The summed E-state index contributed by atoms with van der Waals surface area (Å²) in [5, 5.41) is 9.47. The van der Waals surface area contributed by atoms with Crippen LogP contribution in [-0.2, 0) is 18.6 Å². The average Bonchev–Trinajstić information content (AvgIpc) is 2.91. The van der Waals surface area contributed by atoms with Gasteiger partial charge >= 0.3 is 13.9 Å². The normalized spacial score (nSPS) is 20.2. The lowest BCUT2D eigenvalue weighted by Crippen LogP contribution is -2.34. The van der Waals surface area contributed by atoms with E-state index in [4.69, 9.17) is 24.6 Å². The van der Waals surface area contributed by atoms with Gasteiger partial charge in [0.15, 0.2) is 11.9 Å². The van der Waals surface area contributed by atoms with Crippen molar-refractivity contribution in [2.24, 2.45) is 0 Å². The van der Waals surface area contributed by atoms with Crippen LogP contribution in [0.2, 0.25) is 0 Å². The zero-order valence-electron chi connectivity index (χ0n) is 14.4. The van der Waals surface area contributed by atoms with Crippen molar-refractivity contribution in [2.45, 2.75) is 44.9 Å². The molecule has 1 aliphatic rings. The summed E-state index contributed by atoms with van der Waals surface area (Å²) in [5.41, 5.74) is 4.81. The standard InChI is InChI=1S/C15H22N3O7P/c1-2-3-4-5-8-23-13-12(25-26(21)22)10(9-19)24-14(13)18-7-6-11(16)17-15(18)20/h6-7,13-14,19H,2-5,8-9H2,1H3,(H2-,16,17,20,21,22)/p+1/t13?,14-/m1/s1. The second kappa shape index (κ2) is 9.63. The maximum Gasteiger partial charge on any atom is 0.747 e.